The first-order valence-corrected chi connectivity index (χ1v) is 3.11. The average molecular weight is 153 g/mol. The van der Waals surface area contributed by atoms with Crippen molar-refractivity contribution >= 4 is 12.2 Å². The van der Waals surface area contributed by atoms with Crippen LogP contribution in [0.1, 0.15) is 13.3 Å². The van der Waals surface area contributed by atoms with Crippen molar-refractivity contribution in [1.82, 2.24) is 4.90 Å². The zero-order valence-corrected chi connectivity index (χ0v) is 6.50. The summed E-state index contributed by atoms with van der Waals surface area (Å²) in [7, 11) is 1.47. The Morgan fingerprint density at radius 2 is 2.27 bits per heavy atom. The Morgan fingerprint density at radius 3 is 2.55 bits per heavy atom. The van der Waals surface area contributed by atoms with Gasteiger partial charge in [-0.25, -0.2) is 0 Å². The highest BCUT2D eigenvalue weighted by atomic mass is 16.2. The predicted octanol–water partition coefficient (Wildman–Crippen LogP) is -0.143. The minimum Gasteiger partial charge on any atom is -0.334 e. The second-order valence-electron chi connectivity index (χ2n) is 2.13. The van der Waals surface area contributed by atoms with Gasteiger partial charge in [-0.1, -0.05) is 0 Å². The van der Waals surface area contributed by atoms with Crippen molar-refractivity contribution in [3.05, 3.63) is 0 Å². The lowest BCUT2D eigenvalue weighted by molar-refractivity contribution is -0.128. The van der Waals surface area contributed by atoms with E-state index in [4.69, 9.17) is 5.26 Å². The van der Waals surface area contributed by atoms with Crippen LogP contribution >= 0.6 is 0 Å². The molecule has 0 aliphatic carbocycles. The second kappa shape index (κ2) is 4.45. The molecule has 0 aromatic carbocycles. The maximum atomic E-state index is 10.7. The van der Waals surface area contributed by atoms with Crippen molar-refractivity contribution in [3.8, 4) is 6.07 Å². The van der Waals surface area contributed by atoms with E-state index in [2.05, 4.69) is 0 Å². The number of nitriles is 1. The van der Waals surface area contributed by atoms with Gasteiger partial charge < -0.3 is 4.90 Å². The second-order valence-corrected chi connectivity index (χ2v) is 2.13. The number of rotatable bonds is 3. The fraction of sp³-hybridized carbons (Fsp3) is 0.571. The Bertz CT molecular complexity index is 195. The van der Waals surface area contributed by atoms with Crippen molar-refractivity contribution in [2.75, 3.05) is 7.05 Å². The third-order valence-electron chi connectivity index (χ3n) is 1.38. The molecule has 0 aliphatic heterocycles. The highest BCUT2D eigenvalue weighted by molar-refractivity contribution is 5.77. The molecule has 0 saturated heterocycles. The molecule has 1 atom stereocenters. The van der Waals surface area contributed by atoms with Crippen LogP contribution in [0.2, 0.25) is 0 Å². The quantitative estimate of drug-likeness (QED) is 0.566. The molecule has 0 N–H and O–H groups in total. The number of likely N-dealkylation sites (N-methyl/N-ethyl adjacent to an activating group) is 1. The summed E-state index contributed by atoms with van der Waals surface area (Å²) < 4.78 is 0. The zero-order valence-electron chi connectivity index (χ0n) is 6.50. The summed E-state index contributed by atoms with van der Waals surface area (Å²) in [5.41, 5.74) is 0. The zero-order chi connectivity index (χ0) is 8.85. The SMILES string of the molecule is CC(=O)N(C)[C@H]([C]=O)CC#N. The van der Waals surface area contributed by atoms with Gasteiger partial charge in [0.25, 0.3) is 0 Å². The highest BCUT2D eigenvalue weighted by Crippen LogP contribution is 1.97. The Labute approximate surface area is 65.4 Å². The normalized spacial score (nSPS) is 11.4. The summed E-state index contributed by atoms with van der Waals surface area (Å²) in [6.45, 7) is 1.34. The Kier molecular flexibility index (Phi) is 3.89. The first kappa shape index (κ1) is 9.63. The molecule has 4 heteroatoms. The number of nitrogens with zero attached hydrogens (tertiary/aromatic N) is 2. The molecule has 1 radical (unpaired) electrons. The van der Waals surface area contributed by atoms with Crippen molar-refractivity contribution in [3.63, 3.8) is 0 Å². The van der Waals surface area contributed by atoms with Gasteiger partial charge in [0.1, 0.15) is 6.04 Å². The first-order valence-electron chi connectivity index (χ1n) is 3.11. The van der Waals surface area contributed by atoms with Gasteiger partial charge in [-0.15, -0.1) is 0 Å². The standard InChI is InChI=1S/C7H9N2O2/c1-6(11)9(2)7(5-10)3-4-8/h7H,3H2,1-2H3/t7-/m0/s1. The summed E-state index contributed by atoms with van der Waals surface area (Å²) in [6, 6.07) is 1.07. The summed E-state index contributed by atoms with van der Waals surface area (Å²) >= 11 is 0. The number of carbonyl (C=O) groups excluding carboxylic acids is 2. The number of amides is 1. The highest BCUT2D eigenvalue weighted by Gasteiger charge is 2.15. The number of hydrogen-bond acceptors (Lipinski definition) is 3. The summed E-state index contributed by atoms with van der Waals surface area (Å²) in [4.78, 5) is 22.0. The molecule has 0 bridgehead atoms. The third kappa shape index (κ3) is 2.80. The van der Waals surface area contributed by atoms with Gasteiger partial charge in [-0.2, -0.15) is 5.26 Å². The van der Waals surface area contributed by atoms with Crippen LogP contribution in [-0.4, -0.2) is 30.2 Å². The molecule has 0 saturated carbocycles. The molecule has 4 nitrogen and oxygen atoms in total. The average Bonchev–Trinajstić information content (AvgIpc) is 1.98. The van der Waals surface area contributed by atoms with Crippen LogP contribution in [0.25, 0.3) is 0 Å². The van der Waals surface area contributed by atoms with Crippen molar-refractivity contribution in [2.45, 2.75) is 19.4 Å². The monoisotopic (exact) mass is 153 g/mol. The van der Waals surface area contributed by atoms with Crippen LogP contribution in [0.15, 0.2) is 0 Å². The minimum absolute atomic E-state index is 0.000417. The maximum Gasteiger partial charge on any atom is 0.224 e. The van der Waals surface area contributed by atoms with Gasteiger partial charge in [0.05, 0.1) is 12.5 Å². The topological polar surface area (TPSA) is 61.2 Å². The van der Waals surface area contributed by atoms with Crippen molar-refractivity contribution < 1.29 is 9.59 Å². The Hall–Kier alpha value is -1.37. The molecule has 0 rings (SSSR count). The molecular weight excluding hydrogens is 144 g/mol. The van der Waals surface area contributed by atoms with Crippen LogP contribution in [0, 0.1) is 11.3 Å². The van der Waals surface area contributed by atoms with Crippen molar-refractivity contribution in [2.24, 2.45) is 0 Å². The van der Waals surface area contributed by atoms with E-state index < -0.39 is 6.04 Å². The molecule has 0 aromatic heterocycles. The molecule has 0 heterocycles. The Balaban J connectivity index is 4.15. The van der Waals surface area contributed by atoms with Crippen LogP contribution in [0.3, 0.4) is 0 Å². The first-order chi connectivity index (χ1) is 5.13. The molecule has 59 valence electrons. The molecule has 0 aliphatic rings. The number of carbonyl (C=O) groups is 1. The largest absolute Gasteiger partial charge is 0.334 e. The van der Waals surface area contributed by atoms with Gasteiger partial charge >= 0.3 is 0 Å². The molecular formula is C7H9N2O2. The molecule has 0 fully saturated rings. The van der Waals surface area contributed by atoms with Crippen LogP contribution < -0.4 is 0 Å². The van der Waals surface area contributed by atoms with E-state index in [0.717, 1.165) is 0 Å². The van der Waals surface area contributed by atoms with Crippen molar-refractivity contribution in [1.29, 1.82) is 5.26 Å². The lowest BCUT2D eigenvalue weighted by Crippen LogP contribution is -2.36. The van der Waals surface area contributed by atoms with E-state index in [1.807, 2.05) is 0 Å². The fourth-order valence-corrected chi connectivity index (χ4v) is 0.564. The Morgan fingerprint density at radius 1 is 1.73 bits per heavy atom. The van der Waals surface area contributed by atoms with E-state index >= 15 is 0 Å². The number of hydrogen-bond donors (Lipinski definition) is 0. The molecule has 1 amide bonds. The minimum atomic E-state index is -0.725. The van der Waals surface area contributed by atoms with Gasteiger partial charge in [0.15, 0.2) is 0 Å². The van der Waals surface area contributed by atoms with Crippen LogP contribution in [0.4, 0.5) is 0 Å². The van der Waals surface area contributed by atoms with E-state index in [1.165, 1.54) is 18.9 Å². The lowest BCUT2D eigenvalue weighted by atomic mass is 10.2. The van der Waals surface area contributed by atoms with E-state index in [-0.39, 0.29) is 12.3 Å². The molecule has 11 heavy (non-hydrogen) atoms. The smallest absolute Gasteiger partial charge is 0.224 e. The van der Waals surface area contributed by atoms with Gasteiger partial charge in [-0.05, 0) is 0 Å². The van der Waals surface area contributed by atoms with Gasteiger partial charge in [0.2, 0.25) is 12.2 Å². The fourth-order valence-electron chi connectivity index (χ4n) is 0.564. The molecule has 0 spiro atoms. The van der Waals surface area contributed by atoms with Crippen LogP contribution in [-0.2, 0) is 9.59 Å². The van der Waals surface area contributed by atoms with Gasteiger partial charge in [-0.3, -0.25) is 9.59 Å². The van der Waals surface area contributed by atoms with Crippen LogP contribution in [0.5, 0.6) is 0 Å². The third-order valence-corrected chi connectivity index (χ3v) is 1.38. The summed E-state index contributed by atoms with van der Waals surface area (Å²) in [5.74, 6) is -0.242. The maximum absolute atomic E-state index is 10.7. The van der Waals surface area contributed by atoms with Gasteiger partial charge in [0, 0.05) is 14.0 Å². The lowest BCUT2D eigenvalue weighted by Gasteiger charge is -2.18. The molecule has 0 aromatic rings. The van der Waals surface area contributed by atoms with E-state index in [0.29, 0.717) is 0 Å². The summed E-state index contributed by atoms with van der Waals surface area (Å²) in [6.07, 6.45) is 1.62. The molecule has 0 unspecified atom stereocenters. The van der Waals surface area contributed by atoms with E-state index in [1.54, 1.807) is 12.4 Å². The predicted molar refractivity (Wildman–Crippen MR) is 38.2 cm³/mol. The summed E-state index contributed by atoms with van der Waals surface area (Å²) in [5, 5.41) is 8.23. The van der Waals surface area contributed by atoms with E-state index in [9.17, 15) is 9.59 Å².